The van der Waals surface area contributed by atoms with Crippen molar-refractivity contribution in [2.75, 3.05) is 18.5 Å². The maximum Gasteiger partial charge on any atom is 0.278 e. The van der Waals surface area contributed by atoms with Crippen molar-refractivity contribution in [3.8, 4) is 11.3 Å². The van der Waals surface area contributed by atoms with Crippen LogP contribution in [0.5, 0.6) is 0 Å². The third-order valence-electron chi connectivity index (χ3n) is 5.24. The lowest BCUT2D eigenvalue weighted by molar-refractivity contribution is 0.0211. The van der Waals surface area contributed by atoms with Crippen LogP contribution in [0.2, 0.25) is 0 Å². The van der Waals surface area contributed by atoms with E-state index in [1.165, 1.54) is 0 Å². The Labute approximate surface area is 177 Å². The van der Waals surface area contributed by atoms with Gasteiger partial charge in [0.25, 0.3) is 6.43 Å². The fourth-order valence-corrected chi connectivity index (χ4v) is 3.47. The van der Waals surface area contributed by atoms with Gasteiger partial charge in [0, 0.05) is 17.7 Å². The summed E-state index contributed by atoms with van der Waals surface area (Å²) in [4.78, 5) is 0. The number of halogens is 2. The predicted octanol–water partition coefficient (Wildman–Crippen LogP) is 3.62. The first-order valence-electron chi connectivity index (χ1n) is 9.99. The molecule has 7 nitrogen and oxygen atoms in total. The second kappa shape index (κ2) is 8.35. The molecule has 1 saturated heterocycles. The number of alkyl halides is 2. The van der Waals surface area contributed by atoms with E-state index in [1.807, 2.05) is 48.7 Å². The molecule has 1 N–H and O–H groups in total. The van der Waals surface area contributed by atoms with Gasteiger partial charge in [-0.25, -0.2) is 13.5 Å². The number of aromatic nitrogens is 3. The Balaban J connectivity index is 1.23. The van der Waals surface area contributed by atoms with Crippen molar-refractivity contribution in [3.05, 3.63) is 65.9 Å². The molecule has 1 aromatic heterocycles. The van der Waals surface area contributed by atoms with Crippen molar-refractivity contribution in [2.24, 2.45) is 10.2 Å². The van der Waals surface area contributed by atoms with Crippen LogP contribution in [0.4, 0.5) is 14.5 Å². The first-order chi connectivity index (χ1) is 15.1. The van der Waals surface area contributed by atoms with E-state index in [-0.39, 0.29) is 12.1 Å². The van der Waals surface area contributed by atoms with Crippen molar-refractivity contribution in [1.82, 2.24) is 15.0 Å². The second-order valence-electron chi connectivity index (χ2n) is 7.57. The van der Waals surface area contributed by atoms with E-state index >= 15 is 0 Å². The van der Waals surface area contributed by atoms with E-state index in [0.717, 1.165) is 41.3 Å². The number of anilines is 1. The Morgan fingerprint density at radius 1 is 1.06 bits per heavy atom. The van der Waals surface area contributed by atoms with E-state index in [1.54, 1.807) is 4.68 Å². The van der Waals surface area contributed by atoms with Crippen molar-refractivity contribution < 1.29 is 13.5 Å². The average molecular weight is 422 g/mol. The Morgan fingerprint density at radius 2 is 1.90 bits per heavy atom. The molecule has 9 heteroatoms. The van der Waals surface area contributed by atoms with Crippen molar-refractivity contribution in [2.45, 2.75) is 25.4 Å². The minimum atomic E-state index is -2.56. The maximum absolute atomic E-state index is 12.7. The van der Waals surface area contributed by atoms with E-state index in [4.69, 9.17) is 4.74 Å². The van der Waals surface area contributed by atoms with E-state index in [0.29, 0.717) is 18.3 Å². The van der Waals surface area contributed by atoms with Crippen LogP contribution in [0.15, 0.2) is 64.9 Å². The van der Waals surface area contributed by atoms with Crippen LogP contribution in [0, 0.1) is 0 Å². The van der Waals surface area contributed by atoms with Crippen LogP contribution >= 0.6 is 0 Å². The van der Waals surface area contributed by atoms with Gasteiger partial charge in [0.2, 0.25) is 0 Å². The van der Waals surface area contributed by atoms with Gasteiger partial charge in [0.05, 0.1) is 37.7 Å². The number of nitrogens with one attached hydrogen (secondary N) is 1. The fourth-order valence-electron chi connectivity index (χ4n) is 3.47. The highest BCUT2D eigenvalue weighted by Crippen LogP contribution is 2.22. The zero-order valence-electron chi connectivity index (χ0n) is 16.6. The quantitative estimate of drug-likeness (QED) is 0.631. The molecule has 2 aliphatic heterocycles. The molecule has 0 atom stereocenters. The normalized spacial score (nSPS) is 16.2. The minimum Gasteiger partial charge on any atom is -0.378 e. The molecule has 0 radical (unpaired) electrons. The van der Waals surface area contributed by atoms with Gasteiger partial charge >= 0.3 is 0 Å². The lowest BCUT2D eigenvalue weighted by Gasteiger charge is -2.27. The van der Waals surface area contributed by atoms with Crippen LogP contribution in [0.1, 0.15) is 17.5 Å². The highest BCUT2D eigenvalue weighted by Gasteiger charge is 2.21. The van der Waals surface area contributed by atoms with Crippen molar-refractivity contribution in [1.29, 1.82) is 0 Å². The van der Waals surface area contributed by atoms with Gasteiger partial charge in [-0.15, -0.1) is 5.10 Å². The Bertz CT molecular complexity index is 1130. The molecule has 3 heterocycles. The van der Waals surface area contributed by atoms with Gasteiger partial charge in [-0.3, -0.25) is 0 Å². The fraction of sp³-hybridized carbons (Fsp3) is 0.273. The first-order valence-corrected chi connectivity index (χ1v) is 9.99. The third kappa shape index (κ3) is 4.36. The van der Waals surface area contributed by atoms with Crippen LogP contribution in [-0.2, 0) is 11.3 Å². The zero-order valence-corrected chi connectivity index (χ0v) is 16.6. The van der Waals surface area contributed by atoms with Gasteiger partial charge in [-0.05, 0) is 23.3 Å². The molecule has 0 bridgehead atoms. The summed E-state index contributed by atoms with van der Waals surface area (Å²) in [7, 11) is 0. The number of benzene rings is 2. The summed E-state index contributed by atoms with van der Waals surface area (Å²) < 4.78 is 32.4. The topological polar surface area (TPSA) is 76.7 Å². The average Bonchev–Trinajstić information content (AvgIpc) is 3.42. The number of ether oxygens (including phenoxy) is 1. The van der Waals surface area contributed by atoms with Gasteiger partial charge in [0.1, 0.15) is 11.4 Å². The molecule has 0 aliphatic carbocycles. The van der Waals surface area contributed by atoms with E-state index < -0.39 is 6.43 Å². The van der Waals surface area contributed by atoms with Gasteiger partial charge < -0.3 is 10.1 Å². The SMILES string of the molecule is FC(F)C1=NN=C(c2ccc(Cn3cc(-c4cccc(NC5COC5)c4)nn3)cc2)C1. The molecule has 1 fully saturated rings. The summed E-state index contributed by atoms with van der Waals surface area (Å²) in [5.41, 5.74) is 5.01. The Kier molecular flexibility index (Phi) is 5.25. The first kappa shape index (κ1) is 19.5. The smallest absolute Gasteiger partial charge is 0.278 e. The lowest BCUT2D eigenvalue weighted by Crippen LogP contribution is -2.40. The highest BCUT2D eigenvalue weighted by atomic mass is 19.3. The molecular formula is C22H20F2N6O. The lowest BCUT2D eigenvalue weighted by atomic mass is 10.0. The van der Waals surface area contributed by atoms with Gasteiger partial charge in [-0.2, -0.15) is 10.2 Å². The van der Waals surface area contributed by atoms with E-state index in [2.05, 4.69) is 31.9 Å². The Morgan fingerprint density at radius 3 is 2.61 bits per heavy atom. The predicted molar refractivity (Wildman–Crippen MR) is 114 cm³/mol. The van der Waals surface area contributed by atoms with Gasteiger partial charge in [-0.1, -0.05) is 41.6 Å². The third-order valence-corrected chi connectivity index (χ3v) is 5.24. The molecule has 2 aliphatic rings. The monoisotopic (exact) mass is 422 g/mol. The van der Waals surface area contributed by atoms with Crippen LogP contribution in [0.25, 0.3) is 11.3 Å². The molecule has 0 amide bonds. The summed E-state index contributed by atoms with van der Waals surface area (Å²) in [5.74, 6) is 0. The Hall–Kier alpha value is -3.46. The molecule has 158 valence electrons. The zero-order chi connectivity index (χ0) is 21.2. The number of hydrogen-bond acceptors (Lipinski definition) is 6. The standard InChI is InChI=1S/C22H20F2N6O/c23-22(24)20-9-19(26-27-20)15-6-4-14(5-7-15)10-30-11-21(28-29-30)16-2-1-3-17(8-16)25-18-12-31-13-18/h1-8,11,18,22,25H,9-10,12-13H2. The number of rotatable bonds is 7. The summed E-state index contributed by atoms with van der Waals surface area (Å²) in [6.07, 6.45) is -0.570. The maximum atomic E-state index is 12.7. The van der Waals surface area contributed by atoms with E-state index in [9.17, 15) is 8.78 Å². The molecule has 0 saturated carbocycles. The van der Waals surface area contributed by atoms with Crippen LogP contribution in [0.3, 0.4) is 0 Å². The molecule has 31 heavy (non-hydrogen) atoms. The second-order valence-corrected chi connectivity index (χ2v) is 7.57. The number of hydrogen-bond donors (Lipinski definition) is 1. The molecule has 2 aromatic carbocycles. The summed E-state index contributed by atoms with van der Waals surface area (Å²) >= 11 is 0. The molecular weight excluding hydrogens is 402 g/mol. The summed E-state index contributed by atoms with van der Waals surface area (Å²) in [5, 5.41) is 19.4. The molecule has 0 unspecified atom stereocenters. The van der Waals surface area contributed by atoms with Gasteiger partial charge in [0.15, 0.2) is 0 Å². The van der Waals surface area contributed by atoms with Crippen LogP contribution < -0.4 is 5.32 Å². The summed E-state index contributed by atoms with van der Waals surface area (Å²) in [6.45, 7) is 2.01. The number of nitrogens with zero attached hydrogens (tertiary/aromatic N) is 5. The molecule has 5 rings (SSSR count). The van der Waals surface area contributed by atoms with Crippen LogP contribution in [-0.4, -0.2) is 52.1 Å². The molecule has 0 spiro atoms. The van der Waals surface area contributed by atoms with Crippen molar-refractivity contribution >= 4 is 17.1 Å². The highest BCUT2D eigenvalue weighted by molar-refractivity contribution is 6.15. The minimum absolute atomic E-state index is 0.0884. The summed E-state index contributed by atoms with van der Waals surface area (Å²) in [6, 6.07) is 16.0. The molecule has 3 aromatic rings. The largest absolute Gasteiger partial charge is 0.378 e. The van der Waals surface area contributed by atoms with Crippen molar-refractivity contribution in [3.63, 3.8) is 0 Å².